The van der Waals surface area contributed by atoms with E-state index >= 15 is 0 Å². The van der Waals surface area contributed by atoms with Crippen LogP contribution in [0.5, 0.6) is 0 Å². The number of rotatable bonds is 7. The van der Waals surface area contributed by atoms with Crippen LogP contribution in [0.4, 0.5) is 0 Å². The van der Waals surface area contributed by atoms with Gasteiger partial charge in [0.2, 0.25) is 0 Å². The molecule has 4 aromatic carbocycles. The van der Waals surface area contributed by atoms with Crippen molar-refractivity contribution in [2.75, 3.05) is 0 Å². The molecule has 0 atom stereocenters. The molecule has 0 aliphatic rings. The van der Waals surface area contributed by atoms with Crippen LogP contribution >= 0.6 is 6.89 Å². The van der Waals surface area contributed by atoms with Crippen molar-refractivity contribution in [3.8, 4) is 0 Å². The third kappa shape index (κ3) is 5.90. The summed E-state index contributed by atoms with van der Waals surface area (Å²) < 4.78 is 5.94. The molecule has 37 heavy (non-hydrogen) atoms. The maximum atomic E-state index is 14.2. The largest absolute Gasteiger partial charge is 0.456 e. The average Bonchev–Trinajstić information content (AvgIpc) is 2.91. The summed E-state index contributed by atoms with van der Waals surface area (Å²) in [6, 6.07) is 39.2. The van der Waals surface area contributed by atoms with Crippen molar-refractivity contribution < 1.29 is 14.3 Å². The van der Waals surface area contributed by atoms with Crippen LogP contribution in [0.3, 0.4) is 0 Å². The van der Waals surface area contributed by atoms with Crippen LogP contribution in [-0.4, -0.2) is 22.6 Å². The Balaban J connectivity index is 2.16. The molecular weight excluding hydrogens is 475 g/mol. The number of carbonyl (C=O) groups is 2. The van der Waals surface area contributed by atoms with Gasteiger partial charge < -0.3 is 4.74 Å². The summed E-state index contributed by atoms with van der Waals surface area (Å²) in [5, 5.41) is 2.89. The van der Waals surface area contributed by atoms with Gasteiger partial charge in [0, 0.05) is 0 Å². The first-order valence-corrected chi connectivity index (χ1v) is 14.1. The van der Waals surface area contributed by atoms with Gasteiger partial charge in [-0.1, -0.05) is 127 Å². The SMILES string of the molecule is CC(C)(C)OC(=O)C(C(=O)/C=C/c1ccccc1)=P(c1ccccc1)(c1ccccc1)c1ccccc1. The molecule has 3 nitrogen and oxygen atoms in total. The van der Waals surface area contributed by atoms with Crippen LogP contribution in [0.2, 0.25) is 0 Å². The molecule has 0 amide bonds. The molecule has 0 aliphatic heterocycles. The maximum Gasteiger partial charge on any atom is 0.343 e. The number of benzene rings is 4. The normalized spacial score (nSPS) is 11.8. The van der Waals surface area contributed by atoms with Gasteiger partial charge in [0.05, 0.1) is 0 Å². The van der Waals surface area contributed by atoms with E-state index in [0.29, 0.717) is 0 Å². The predicted octanol–water partition coefficient (Wildman–Crippen LogP) is 5.78. The van der Waals surface area contributed by atoms with E-state index in [0.717, 1.165) is 21.5 Å². The van der Waals surface area contributed by atoms with Crippen molar-refractivity contribution in [1.82, 2.24) is 0 Å². The third-order valence-corrected chi connectivity index (χ3v) is 10.1. The first kappa shape index (κ1) is 26.1. The van der Waals surface area contributed by atoms with Crippen molar-refractivity contribution in [2.24, 2.45) is 0 Å². The Kier molecular flexibility index (Phi) is 8.06. The lowest BCUT2D eigenvalue weighted by molar-refractivity contribution is -0.146. The molecule has 4 rings (SSSR count). The van der Waals surface area contributed by atoms with E-state index in [9.17, 15) is 9.59 Å². The second-order valence-electron chi connectivity index (χ2n) is 9.64. The minimum Gasteiger partial charge on any atom is -0.456 e. The molecule has 0 spiro atoms. The summed E-state index contributed by atoms with van der Waals surface area (Å²) in [6.07, 6.45) is 3.25. The Morgan fingerprint density at radius 2 is 1.00 bits per heavy atom. The highest BCUT2D eigenvalue weighted by Gasteiger charge is 2.38. The number of allylic oxidation sites excluding steroid dienone is 1. The summed E-state index contributed by atoms with van der Waals surface area (Å²) in [6.45, 7) is 2.52. The maximum absolute atomic E-state index is 14.2. The molecule has 0 aromatic heterocycles. The van der Waals surface area contributed by atoms with Gasteiger partial charge in [-0.2, -0.15) is 0 Å². The first-order chi connectivity index (χ1) is 17.8. The Labute approximate surface area is 219 Å². The molecule has 0 fully saturated rings. The number of hydrogen-bond donors (Lipinski definition) is 0. The molecule has 0 saturated heterocycles. The van der Waals surface area contributed by atoms with E-state index in [1.54, 1.807) is 6.08 Å². The van der Waals surface area contributed by atoms with Crippen molar-refractivity contribution in [2.45, 2.75) is 26.4 Å². The van der Waals surface area contributed by atoms with Crippen LogP contribution in [0, 0.1) is 0 Å². The molecule has 0 aliphatic carbocycles. The van der Waals surface area contributed by atoms with Crippen molar-refractivity contribution >= 4 is 45.9 Å². The first-order valence-electron chi connectivity index (χ1n) is 12.3. The van der Waals surface area contributed by atoms with Gasteiger partial charge in [-0.15, -0.1) is 0 Å². The van der Waals surface area contributed by atoms with Crippen molar-refractivity contribution in [1.29, 1.82) is 0 Å². The number of ether oxygens (including phenoxy) is 1. The molecule has 4 heteroatoms. The van der Waals surface area contributed by atoms with E-state index in [4.69, 9.17) is 4.74 Å². The number of esters is 1. The summed E-state index contributed by atoms with van der Waals surface area (Å²) in [5.74, 6) is -0.955. The smallest absolute Gasteiger partial charge is 0.343 e. The minimum absolute atomic E-state index is 0.151. The molecule has 0 bridgehead atoms. The highest BCUT2D eigenvalue weighted by Crippen LogP contribution is 2.47. The minimum atomic E-state index is -2.94. The van der Waals surface area contributed by atoms with Gasteiger partial charge in [-0.05, 0) is 55.2 Å². The molecule has 4 aromatic rings. The van der Waals surface area contributed by atoms with Crippen LogP contribution in [0.15, 0.2) is 127 Å². The van der Waals surface area contributed by atoms with E-state index in [1.807, 2.05) is 142 Å². The van der Waals surface area contributed by atoms with Crippen LogP contribution in [-0.2, 0) is 14.3 Å². The molecule has 0 N–H and O–H groups in total. The molecular formula is C33H31O3P. The van der Waals surface area contributed by atoms with Gasteiger partial charge in [-0.25, -0.2) is 4.79 Å². The van der Waals surface area contributed by atoms with E-state index in [2.05, 4.69) is 0 Å². The lowest BCUT2D eigenvalue weighted by Gasteiger charge is -2.32. The number of hydrogen-bond acceptors (Lipinski definition) is 3. The zero-order valence-electron chi connectivity index (χ0n) is 21.4. The van der Waals surface area contributed by atoms with Gasteiger partial charge in [-0.3, -0.25) is 4.79 Å². The summed E-state index contributed by atoms with van der Waals surface area (Å²) in [5.41, 5.74) is 0.105. The Hall–Kier alpha value is -3.94. The second kappa shape index (κ2) is 11.4. The van der Waals surface area contributed by atoms with E-state index in [-0.39, 0.29) is 11.1 Å². The predicted molar refractivity (Wildman–Crippen MR) is 156 cm³/mol. The number of carbonyl (C=O) groups excluding carboxylic acids is 2. The van der Waals surface area contributed by atoms with Crippen LogP contribution < -0.4 is 15.9 Å². The Morgan fingerprint density at radius 3 is 1.38 bits per heavy atom. The Morgan fingerprint density at radius 1 is 0.622 bits per heavy atom. The fourth-order valence-corrected chi connectivity index (χ4v) is 8.59. The summed E-state index contributed by atoms with van der Waals surface area (Å²) in [4.78, 5) is 28.3. The van der Waals surface area contributed by atoms with E-state index < -0.39 is 18.5 Å². The van der Waals surface area contributed by atoms with Gasteiger partial charge >= 0.3 is 5.97 Å². The standard InChI is InChI=1S/C33H31O3P/c1-33(2,3)36-32(35)31(30(34)25-24-26-16-8-4-9-17-26)37(27-18-10-5-11-19-27,28-20-12-6-13-21-28)29-22-14-7-15-23-29/h4-25H,1-3H3/b25-24+. The fourth-order valence-electron chi connectivity index (χ4n) is 4.33. The highest BCUT2D eigenvalue weighted by molar-refractivity contribution is 7.97. The molecule has 0 unspecified atom stereocenters. The zero-order chi connectivity index (χ0) is 26.3. The highest BCUT2D eigenvalue weighted by atomic mass is 31.2. The van der Waals surface area contributed by atoms with Gasteiger partial charge in [0.25, 0.3) is 0 Å². The van der Waals surface area contributed by atoms with E-state index in [1.165, 1.54) is 6.08 Å². The molecule has 186 valence electrons. The Bertz CT molecular complexity index is 1330. The lowest BCUT2D eigenvalue weighted by Crippen LogP contribution is -2.40. The van der Waals surface area contributed by atoms with Crippen molar-refractivity contribution in [3.05, 3.63) is 133 Å². The quantitative estimate of drug-likeness (QED) is 0.138. The van der Waals surface area contributed by atoms with Gasteiger partial charge in [0.1, 0.15) is 10.9 Å². The lowest BCUT2D eigenvalue weighted by atomic mass is 10.1. The average molecular weight is 507 g/mol. The monoisotopic (exact) mass is 506 g/mol. The van der Waals surface area contributed by atoms with Gasteiger partial charge in [0.15, 0.2) is 5.78 Å². The summed E-state index contributed by atoms with van der Waals surface area (Å²) >= 11 is 0. The zero-order valence-corrected chi connectivity index (χ0v) is 22.3. The molecule has 0 radical (unpaired) electrons. The summed E-state index contributed by atoms with van der Waals surface area (Å²) in [7, 11) is 0. The third-order valence-electron chi connectivity index (χ3n) is 5.82. The topological polar surface area (TPSA) is 43.4 Å². The van der Waals surface area contributed by atoms with Crippen molar-refractivity contribution in [3.63, 3.8) is 0 Å². The van der Waals surface area contributed by atoms with Crippen LogP contribution in [0.25, 0.3) is 6.08 Å². The van der Waals surface area contributed by atoms with Crippen LogP contribution in [0.1, 0.15) is 26.3 Å². The molecule has 0 saturated carbocycles. The fraction of sp³-hybridized carbons (Fsp3) is 0.121. The number of ketones is 1. The molecule has 0 heterocycles. The second-order valence-corrected chi connectivity index (χ2v) is 13.0.